The van der Waals surface area contributed by atoms with Crippen LogP contribution in [-0.2, 0) is 0 Å². The summed E-state index contributed by atoms with van der Waals surface area (Å²) in [6.07, 6.45) is 0.925. The minimum atomic E-state index is 0.182. The predicted molar refractivity (Wildman–Crippen MR) is 55.3 cm³/mol. The van der Waals surface area contributed by atoms with Gasteiger partial charge in [-0.15, -0.1) is 0 Å². The number of anilines is 1. The molecule has 5 nitrogen and oxygen atoms in total. The summed E-state index contributed by atoms with van der Waals surface area (Å²) in [6.45, 7) is 5.51. The van der Waals surface area contributed by atoms with Crippen molar-refractivity contribution in [2.75, 3.05) is 25.0 Å². The van der Waals surface area contributed by atoms with Crippen molar-refractivity contribution in [3.8, 4) is 0 Å². The molecule has 5 heteroatoms. The lowest BCUT2D eigenvalue weighted by Gasteiger charge is -2.09. The van der Waals surface area contributed by atoms with Gasteiger partial charge in [0.25, 0.3) is 5.95 Å². The molecule has 0 saturated carbocycles. The highest BCUT2D eigenvalue weighted by Crippen LogP contribution is 2.18. The molecule has 0 amide bonds. The molecular formula is C9H18N4O. The lowest BCUT2D eigenvalue weighted by molar-refractivity contribution is 0.351. The second kappa shape index (κ2) is 4.95. The minimum absolute atomic E-state index is 0.182. The van der Waals surface area contributed by atoms with Crippen LogP contribution in [0, 0.1) is 0 Å². The molecule has 14 heavy (non-hydrogen) atoms. The summed E-state index contributed by atoms with van der Waals surface area (Å²) in [5, 5.41) is 3.89. The van der Waals surface area contributed by atoms with E-state index in [0.717, 1.165) is 13.0 Å². The number of rotatable bonds is 5. The minimum Gasteiger partial charge on any atom is -0.342 e. The Bertz CT molecular complexity index is 270. The van der Waals surface area contributed by atoms with Gasteiger partial charge in [0.1, 0.15) is 0 Å². The maximum Gasteiger partial charge on any atom is 0.265 e. The van der Waals surface area contributed by atoms with Crippen molar-refractivity contribution < 1.29 is 4.52 Å². The van der Waals surface area contributed by atoms with Crippen molar-refractivity contribution in [1.29, 1.82) is 0 Å². The molecule has 80 valence electrons. The van der Waals surface area contributed by atoms with E-state index in [1.54, 1.807) is 0 Å². The van der Waals surface area contributed by atoms with Gasteiger partial charge in [0.05, 0.1) is 5.92 Å². The zero-order valence-electron chi connectivity index (χ0n) is 9.03. The molecule has 1 aromatic rings. The van der Waals surface area contributed by atoms with Gasteiger partial charge in [0.15, 0.2) is 0 Å². The summed E-state index contributed by atoms with van der Waals surface area (Å²) in [5.41, 5.74) is 5.59. The van der Waals surface area contributed by atoms with Gasteiger partial charge in [0, 0.05) is 20.1 Å². The van der Waals surface area contributed by atoms with Gasteiger partial charge in [0.2, 0.25) is 5.89 Å². The molecule has 0 bridgehead atoms. The Balaban J connectivity index is 2.76. The summed E-state index contributed by atoms with van der Waals surface area (Å²) in [6, 6.07) is 0. The molecule has 1 atom stereocenters. The summed E-state index contributed by atoms with van der Waals surface area (Å²) in [7, 11) is 1.93. The zero-order chi connectivity index (χ0) is 10.6. The highest BCUT2D eigenvalue weighted by Gasteiger charge is 2.16. The molecule has 0 fully saturated rings. The zero-order valence-corrected chi connectivity index (χ0v) is 9.03. The van der Waals surface area contributed by atoms with E-state index in [-0.39, 0.29) is 5.92 Å². The number of hydrogen-bond acceptors (Lipinski definition) is 5. The van der Waals surface area contributed by atoms with Crippen LogP contribution < -0.4 is 10.6 Å². The third-order valence-corrected chi connectivity index (χ3v) is 2.37. The van der Waals surface area contributed by atoms with Gasteiger partial charge in [-0.1, -0.05) is 6.92 Å². The molecule has 0 aliphatic rings. The van der Waals surface area contributed by atoms with Crippen molar-refractivity contribution in [2.45, 2.75) is 26.2 Å². The smallest absolute Gasteiger partial charge is 0.265 e. The van der Waals surface area contributed by atoms with Crippen molar-refractivity contribution in [2.24, 2.45) is 5.73 Å². The Morgan fingerprint density at radius 3 is 2.71 bits per heavy atom. The molecule has 1 unspecified atom stereocenters. The Kier molecular flexibility index (Phi) is 3.88. The van der Waals surface area contributed by atoms with Crippen LogP contribution in [0.25, 0.3) is 0 Å². The first kappa shape index (κ1) is 11.0. The van der Waals surface area contributed by atoms with Crippen LogP contribution in [0.4, 0.5) is 5.95 Å². The lowest BCUT2D eigenvalue weighted by atomic mass is 10.1. The fraction of sp³-hybridized carbons (Fsp3) is 0.778. The summed E-state index contributed by atoms with van der Waals surface area (Å²) in [5.74, 6) is 1.46. The van der Waals surface area contributed by atoms with Crippen LogP contribution in [0.5, 0.6) is 0 Å². The number of hydrogen-bond donors (Lipinski definition) is 1. The summed E-state index contributed by atoms with van der Waals surface area (Å²) in [4.78, 5) is 6.22. The SMILES string of the molecule is CCC(CN)c1nc(N(C)CC)no1. The third kappa shape index (κ3) is 2.23. The molecule has 2 N–H and O–H groups in total. The second-order valence-electron chi connectivity index (χ2n) is 3.29. The van der Waals surface area contributed by atoms with Crippen LogP contribution in [0.3, 0.4) is 0 Å². The second-order valence-corrected chi connectivity index (χ2v) is 3.29. The Labute approximate surface area is 84.3 Å². The molecular weight excluding hydrogens is 180 g/mol. The quantitative estimate of drug-likeness (QED) is 0.763. The average molecular weight is 198 g/mol. The van der Waals surface area contributed by atoms with Crippen molar-refractivity contribution in [3.05, 3.63) is 5.89 Å². The van der Waals surface area contributed by atoms with Gasteiger partial charge >= 0.3 is 0 Å². The number of aromatic nitrogens is 2. The topological polar surface area (TPSA) is 68.2 Å². The van der Waals surface area contributed by atoms with Crippen LogP contribution in [-0.4, -0.2) is 30.3 Å². The highest BCUT2D eigenvalue weighted by molar-refractivity contribution is 5.25. The highest BCUT2D eigenvalue weighted by atomic mass is 16.5. The molecule has 0 radical (unpaired) electrons. The molecule has 1 heterocycles. The lowest BCUT2D eigenvalue weighted by Crippen LogP contribution is -2.17. The van der Waals surface area contributed by atoms with E-state index in [2.05, 4.69) is 17.1 Å². The first-order valence-corrected chi connectivity index (χ1v) is 4.97. The van der Waals surface area contributed by atoms with Gasteiger partial charge in [-0.2, -0.15) is 4.98 Å². The molecule has 0 aliphatic heterocycles. The molecule has 0 aliphatic carbocycles. The Morgan fingerprint density at radius 1 is 1.50 bits per heavy atom. The largest absolute Gasteiger partial charge is 0.342 e. The van der Waals surface area contributed by atoms with Crippen molar-refractivity contribution >= 4 is 5.95 Å². The van der Waals surface area contributed by atoms with Gasteiger partial charge in [-0.25, -0.2) is 0 Å². The third-order valence-electron chi connectivity index (χ3n) is 2.37. The Hall–Kier alpha value is -1.10. The van der Waals surface area contributed by atoms with Crippen molar-refractivity contribution in [3.63, 3.8) is 0 Å². The van der Waals surface area contributed by atoms with E-state index in [0.29, 0.717) is 18.4 Å². The molecule has 0 saturated heterocycles. The van der Waals surface area contributed by atoms with Gasteiger partial charge < -0.3 is 15.2 Å². The molecule has 0 aromatic carbocycles. The van der Waals surface area contributed by atoms with Crippen LogP contribution in [0.2, 0.25) is 0 Å². The van der Waals surface area contributed by atoms with Crippen molar-refractivity contribution in [1.82, 2.24) is 10.1 Å². The molecule has 0 spiro atoms. The van der Waals surface area contributed by atoms with Crippen LogP contribution in [0.1, 0.15) is 32.1 Å². The standard InChI is InChI=1S/C9H18N4O/c1-4-7(6-10)8-11-9(12-14-8)13(3)5-2/h7H,4-6,10H2,1-3H3. The van der Waals surface area contributed by atoms with E-state index < -0.39 is 0 Å². The van der Waals surface area contributed by atoms with E-state index in [9.17, 15) is 0 Å². The fourth-order valence-electron chi connectivity index (χ4n) is 1.13. The fourth-order valence-corrected chi connectivity index (χ4v) is 1.13. The molecule has 1 rings (SSSR count). The van der Waals surface area contributed by atoms with Crippen LogP contribution >= 0.6 is 0 Å². The maximum absolute atomic E-state index is 5.59. The first-order valence-electron chi connectivity index (χ1n) is 4.97. The monoisotopic (exact) mass is 198 g/mol. The Morgan fingerprint density at radius 2 is 2.21 bits per heavy atom. The first-order chi connectivity index (χ1) is 6.72. The van der Waals surface area contributed by atoms with Gasteiger partial charge in [-0.3, -0.25) is 0 Å². The number of nitrogens with zero attached hydrogens (tertiary/aromatic N) is 3. The van der Waals surface area contributed by atoms with E-state index in [1.165, 1.54) is 0 Å². The van der Waals surface area contributed by atoms with E-state index in [4.69, 9.17) is 10.3 Å². The van der Waals surface area contributed by atoms with E-state index in [1.807, 2.05) is 18.9 Å². The average Bonchev–Trinajstić information content (AvgIpc) is 2.68. The van der Waals surface area contributed by atoms with Crippen LogP contribution in [0.15, 0.2) is 4.52 Å². The predicted octanol–water partition coefficient (Wildman–Crippen LogP) is 0.978. The van der Waals surface area contributed by atoms with E-state index >= 15 is 0 Å². The summed E-state index contributed by atoms with van der Waals surface area (Å²) < 4.78 is 5.15. The summed E-state index contributed by atoms with van der Waals surface area (Å²) >= 11 is 0. The normalized spacial score (nSPS) is 12.9. The van der Waals surface area contributed by atoms with Gasteiger partial charge in [-0.05, 0) is 18.5 Å². The maximum atomic E-state index is 5.59. The number of nitrogens with two attached hydrogens (primary N) is 1. The molecule has 1 aromatic heterocycles.